The number of aromatic nitrogens is 2. The zero-order valence-electron chi connectivity index (χ0n) is 13.0. The minimum atomic E-state index is -0.297. The maximum absolute atomic E-state index is 12.2. The average Bonchev–Trinajstić information content (AvgIpc) is 3.11. The van der Waals surface area contributed by atoms with Crippen molar-refractivity contribution in [2.45, 2.75) is 6.54 Å². The molecule has 0 fully saturated rings. The predicted octanol–water partition coefficient (Wildman–Crippen LogP) is 3.91. The van der Waals surface area contributed by atoms with Crippen LogP contribution in [0.2, 0.25) is 0 Å². The summed E-state index contributed by atoms with van der Waals surface area (Å²) in [4.78, 5) is 12.2. The predicted molar refractivity (Wildman–Crippen MR) is 99.4 cm³/mol. The summed E-state index contributed by atoms with van der Waals surface area (Å²) in [7, 11) is 0. The van der Waals surface area contributed by atoms with Crippen LogP contribution < -0.4 is 5.32 Å². The Hall–Kier alpha value is -2.70. The molecular weight excluding hydrogens is 358 g/mol. The van der Waals surface area contributed by atoms with Crippen LogP contribution >= 0.6 is 22.9 Å². The van der Waals surface area contributed by atoms with Crippen LogP contribution in [0, 0.1) is 0 Å². The fourth-order valence-corrected chi connectivity index (χ4v) is 3.04. The highest BCUT2D eigenvalue weighted by Crippen LogP contribution is 2.26. The Morgan fingerprint density at radius 1 is 1.12 bits per heavy atom. The first-order chi connectivity index (χ1) is 12.1. The van der Waals surface area contributed by atoms with E-state index < -0.39 is 0 Å². The molecule has 0 saturated heterocycles. The fraction of sp³-hybridized carbons (Fsp3) is 0.0556. The van der Waals surface area contributed by atoms with Crippen molar-refractivity contribution in [3.8, 4) is 5.75 Å². The second-order valence-electron chi connectivity index (χ2n) is 5.17. The molecule has 0 radical (unpaired) electrons. The minimum Gasteiger partial charge on any atom is -0.508 e. The van der Waals surface area contributed by atoms with Gasteiger partial charge in [-0.05, 0) is 29.3 Å². The van der Waals surface area contributed by atoms with E-state index >= 15 is 0 Å². The average molecular weight is 372 g/mol. The van der Waals surface area contributed by atoms with E-state index in [1.807, 2.05) is 30.3 Å². The summed E-state index contributed by atoms with van der Waals surface area (Å²) < 4.78 is 0. The normalized spacial score (nSPS) is 11.3. The summed E-state index contributed by atoms with van der Waals surface area (Å²) in [6.07, 6.45) is 1.66. The van der Waals surface area contributed by atoms with Gasteiger partial charge in [0.25, 0.3) is 5.91 Å². The van der Waals surface area contributed by atoms with E-state index in [-0.39, 0.29) is 16.7 Å². The third-order valence-corrected chi connectivity index (χ3v) is 4.64. The molecule has 1 heterocycles. The van der Waals surface area contributed by atoms with Crippen LogP contribution in [0.15, 0.2) is 54.6 Å². The van der Waals surface area contributed by atoms with E-state index in [1.165, 1.54) is 0 Å². The van der Waals surface area contributed by atoms with Crippen LogP contribution in [0.25, 0.3) is 11.1 Å². The Bertz CT molecular complexity index is 909. The molecule has 7 heteroatoms. The lowest BCUT2D eigenvalue weighted by Gasteiger charge is -2.02. The summed E-state index contributed by atoms with van der Waals surface area (Å²) in [6, 6.07) is 16.3. The fourth-order valence-electron chi connectivity index (χ4n) is 2.09. The van der Waals surface area contributed by atoms with Crippen molar-refractivity contribution in [1.82, 2.24) is 15.5 Å². The van der Waals surface area contributed by atoms with Crippen LogP contribution in [0.4, 0.5) is 0 Å². The lowest BCUT2D eigenvalue weighted by atomic mass is 10.2. The van der Waals surface area contributed by atoms with Crippen LogP contribution in [-0.4, -0.2) is 21.2 Å². The maximum Gasteiger partial charge on any atom is 0.282 e. The molecule has 5 nitrogen and oxygen atoms in total. The van der Waals surface area contributed by atoms with Crippen LogP contribution in [0.3, 0.4) is 0 Å². The molecule has 2 N–H and O–H groups in total. The van der Waals surface area contributed by atoms with Crippen molar-refractivity contribution >= 4 is 40.0 Å². The molecule has 0 unspecified atom stereocenters. The van der Waals surface area contributed by atoms with E-state index in [4.69, 9.17) is 11.6 Å². The molecule has 2 aromatic carbocycles. The topological polar surface area (TPSA) is 75.1 Å². The highest BCUT2D eigenvalue weighted by Gasteiger charge is 2.14. The van der Waals surface area contributed by atoms with Gasteiger partial charge in [0.15, 0.2) is 5.01 Å². The Kier molecular flexibility index (Phi) is 5.42. The molecule has 126 valence electrons. The van der Waals surface area contributed by atoms with Gasteiger partial charge in [-0.3, -0.25) is 4.79 Å². The second kappa shape index (κ2) is 7.92. The Morgan fingerprint density at radius 2 is 1.88 bits per heavy atom. The lowest BCUT2D eigenvalue weighted by Crippen LogP contribution is -2.22. The number of hydrogen-bond acceptors (Lipinski definition) is 5. The number of nitrogens with zero attached hydrogens (tertiary/aromatic N) is 2. The van der Waals surface area contributed by atoms with Crippen LogP contribution in [0.1, 0.15) is 25.9 Å². The van der Waals surface area contributed by atoms with E-state index in [0.717, 1.165) is 22.5 Å². The van der Waals surface area contributed by atoms with E-state index in [0.29, 0.717) is 16.6 Å². The number of nitrogens with one attached hydrogen (secondary N) is 1. The van der Waals surface area contributed by atoms with Crippen LogP contribution in [-0.2, 0) is 6.54 Å². The zero-order valence-corrected chi connectivity index (χ0v) is 14.6. The number of aromatic hydroxyl groups is 1. The smallest absolute Gasteiger partial charge is 0.282 e. The zero-order chi connectivity index (χ0) is 17.6. The van der Waals surface area contributed by atoms with E-state index in [1.54, 1.807) is 30.3 Å². The summed E-state index contributed by atoms with van der Waals surface area (Å²) in [5.74, 6) is -0.147. The van der Waals surface area contributed by atoms with Crippen molar-refractivity contribution in [2.24, 2.45) is 0 Å². The van der Waals surface area contributed by atoms with Crippen molar-refractivity contribution in [1.29, 1.82) is 0 Å². The number of rotatable bonds is 5. The highest BCUT2D eigenvalue weighted by atomic mass is 35.5. The third-order valence-electron chi connectivity index (χ3n) is 3.28. The molecule has 0 aliphatic rings. The molecule has 3 rings (SSSR count). The summed E-state index contributed by atoms with van der Waals surface area (Å²) in [5.41, 5.74) is 1.73. The summed E-state index contributed by atoms with van der Waals surface area (Å²) in [6.45, 7) is 0.418. The largest absolute Gasteiger partial charge is 0.508 e. The number of amides is 1. The molecule has 25 heavy (non-hydrogen) atoms. The molecule has 1 amide bonds. The van der Waals surface area contributed by atoms with Crippen molar-refractivity contribution < 1.29 is 9.90 Å². The highest BCUT2D eigenvalue weighted by molar-refractivity contribution is 7.15. The van der Waals surface area contributed by atoms with Gasteiger partial charge < -0.3 is 10.4 Å². The maximum atomic E-state index is 12.2. The summed E-state index contributed by atoms with van der Waals surface area (Å²) >= 11 is 7.35. The first-order valence-electron chi connectivity index (χ1n) is 7.44. The number of carbonyl (C=O) groups excluding carboxylic acids is 1. The SMILES string of the molecule is O=C(NCc1ccccc1)c1nnc(/C(Cl)=C\c2cccc(O)c2)s1. The molecule has 3 aromatic rings. The number of phenols is 1. The first-order valence-corrected chi connectivity index (χ1v) is 8.63. The van der Waals surface area contributed by atoms with E-state index in [9.17, 15) is 9.90 Å². The molecule has 0 bridgehead atoms. The molecule has 0 aliphatic carbocycles. The van der Waals surface area contributed by atoms with Gasteiger partial charge in [-0.15, -0.1) is 10.2 Å². The standard InChI is InChI=1S/C18H14ClN3O2S/c19-15(10-13-7-4-8-14(23)9-13)17-21-22-18(25-17)16(24)20-11-12-5-2-1-3-6-12/h1-10,23H,11H2,(H,20,24)/b15-10+. The Balaban J connectivity index is 1.68. The number of halogens is 1. The van der Waals surface area contributed by atoms with Gasteiger partial charge in [-0.1, -0.05) is 65.4 Å². The monoisotopic (exact) mass is 371 g/mol. The van der Waals surface area contributed by atoms with Gasteiger partial charge in [-0.25, -0.2) is 0 Å². The van der Waals surface area contributed by atoms with E-state index in [2.05, 4.69) is 15.5 Å². The quantitative estimate of drug-likeness (QED) is 0.713. The molecule has 0 aliphatic heterocycles. The van der Waals surface area contributed by atoms with Gasteiger partial charge in [0, 0.05) is 6.54 Å². The summed E-state index contributed by atoms with van der Waals surface area (Å²) in [5, 5.41) is 21.2. The van der Waals surface area contributed by atoms with Gasteiger partial charge in [-0.2, -0.15) is 0 Å². The molecule has 1 aromatic heterocycles. The number of carbonyl (C=O) groups is 1. The van der Waals surface area contributed by atoms with Gasteiger partial charge in [0.2, 0.25) is 5.01 Å². The van der Waals surface area contributed by atoms with Gasteiger partial charge in [0.05, 0.1) is 5.03 Å². The van der Waals surface area contributed by atoms with Gasteiger partial charge in [0.1, 0.15) is 5.75 Å². The molecular formula is C18H14ClN3O2S. The van der Waals surface area contributed by atoms with Gasteiger partial charge >= 0.3 is 0 Å². The lowest BCUT2D eigenvalue weighted by molar-refractivity contribution is 0.0950. The van der Waals surface area contributed by atoms with Crippen molar-refractivity contribution in [3.05, 3.63) is 75.7 Å². The van der Waals surface area contributed by atoms with Crippen LogP contribution in [0.5, 0.6) is 5.75 Å². The van der Waals surface area contributed by atoms with Crippen molar-refractivity contribution in [2.75, 3.05) is 0 Å². The first kappa shape index (κ1) is 17.1. The second-order valence-corrected chi connectivity index (χ2v) is 6.55. The number of phenolic OH excluding ortho intramolecular Hbond substituents is 1. The van der Waals surface area contributed by atoms with Crippen molar-refractivity contribution in [3.63, 3.8) is 0 Å². The number of hydrogen-bond donors (Lipinski definition) is 2. The Labute approximate surface area is 153 Å². The molecule has 0 atom stereocenters. The Morgan fingerprint density at radius 3 is 2.64 bits per heavy atom. The minimum absolute atomic E-state index is 0.149. The number of benzene rings is 2. The molecule has 0 spiro atoms. The molecule has 0 saturated carbocycles. The third kappa shape index (κ3) is 4.65.